The molecule has 6 nitrogen and oxygen atoms in total. The Morgan fingerprint density at radius 2 is 1.67 bits per heavy atom. The summed E-state index contributed by atoms with van der Waals surface area (Å²) in [4.78, 5) is 20.7. The topological polar surface area (TPSA) is 76.2 Å². The van der Waals surface area contributed by atoms with Crippen molar-refractivity contribution >= 4 is 22.6 Å². The fourth-order valence-corrected chi connectivity index (χ4v) is 3.31. The van der Waals surface area contributed by atoms with Gasteiger partial charge in [0.15, 0.2) is 0 Å². The number of nitrogens with zero attached hydrogens (tertiary/aromatic N) is 1. The third-order valence-corrected chi connectivity index (χ3v) is 4.90. The molecule has 4 rings (SSSR count). The van der Waals surface area contributed by atoms with Crippen LogP contribution in [-0.4, -0.2) is 30.1 Å². The molecule has 1 heterocycles. The summed E-state index contributed by atoms with van der Waals surface area (Å²) < 4.78 is 10.5. The minimum Gasteiger partial charge on any atom is -0.497 e. The highest BCUT2D eigenvalue weighted by molar-refractivity contribution is 6.05. The Kier molecular flexibility index (Phi) is 5.66. The van der Waals surface area contributed by atoms with Gasteiger partial charge in [-0.05, 0) is 42.3 Å². The molecular formula is C24H23N3O3. The van der Waals surface area contributed by atoms with Crippen molar-refractivity contribution in [2.24, 2.45) is 0 Å². The number of benzene rings is 3. The highest BCUT2D eigenvalue weighted by Crippen LogP contribution is 2.24. The lowest BCUT2D eigenvalue weighted by Gasteiger charge is -2.09. The maximum atomic E-state index is 12.7. The molecule has 0 saturated heterocycles. The van der Waals surface area contributed by atoms with E-state index in [1.54, 1.807) is 32.4 Å². The van der Waals surface area contributed by atoms with Gasteiger partial charge in [0, 0.05) is 23.7 Å². The molecule has 6 heteroatoms. The summed E-state index contributed by atoms with van der Waals surface area (Å²) in [7, 11) is 3.11. The van der Waals surface area contributed by atoms with Gasteiger partial charge in [0.1, 0.15) is 17.3 Å². The van der Waals surface area contributed by atoms with Crippen molar-refractivity contribution in [1.82, 2.24) is 9.97 Å². The molecule has 3 aromatic carbocycles. The highest BCUT2D eigenvalue weighted by atomic mass is 16.5. The summed E-state index contributed by atoms with van der Waals surface area (Å²) in [6.07, 6.45) is 1.74. The molecule has 0 aliphatic carbocycles. The Balaban J connectivity index is 1.49. The zero-order valence-corrected chi connectivity index (χ0v) is 16.9. The lowest BCUT2D eigenvalue weighted by Crippen LogP contribution is -2.12. The number of rotatable bonds is 7. The fourth-order valence-electron chi connectivity index (χ4n) is 3.31. The summed E-state index contributed by atoms with van der Waals surface area (Å²) in [6, 6.07) is 21.0. The van der Waals surface area contributed by atoms with Crippen LogP contribution in [0.15, 0.2) is 66.7 Å². The summed E-state index contributed by atoms with van der Waals surface area (Å²) >= 11 is 0. The number of imidazole rings is 1. The molecule has 0 fully saturated rings. The van der Waals surface area contributed by atoms with E-state index in [0.717, 1.165) is 29.7 Å². The molecule has 0 aliphatic heterocycles. The van der Waals surface area contributed by atoms with Crippen LogP contribution in [0.25, 0.3) is 11.0 Å². The molecule has 0 radical (unpaired) electrons. The second-order valence-electron chi connectivity index (χ2n) is 6.96. The zero-order valence-electron chi connectivity index (χ0n) is 16.9. The number of H-pyrrole nitrogens is 1. The van der Waals surface area contributed by atoms with Crippen LogP contribution in [0.1, 0.15) is 21.7 Å². The van der Waals surface area contributed by atoms with Gasteiger partial charge in [0.2, 0.25) is 0 Å². The van der Waals surface area contributed by atoms with E-state index in [0.29, 0.717) is 22.7 Å². The zero-order chi connectivity index (χ0) is 20.9. The maximum absolute atomic E-state index is 12.7. The number of nitrogens with one attached hydrogen (secondary N) is 2. The van der Waals surface area contributed by atoms with Gasteiger partial charge in [0.05, 0.1) is 25.3 Å². The first kappa shape index (κ1) is 19.5. The molecule has 2 N–H and O–H groups in total. The average molecular weight is 401 g/mol. The highest BCUT2D eigenvalue weighted by Gasteiger charge is 2.11. The molecule has 30 heavy (non-hydrogen) atoms. The van der Waals surface area contributed by atoms with E-state index in [2.05, 4.69) is 27.4 Å². The summed E-state index contributed by atoms with van der Waals surface area (Å²) in [6.45, 7) is 0. The van der Waals surface area contributed by atoms with E-state index in [1.807, 2.05) is 36.4 Å². The third-order valence-electron chi connectivity index (χ3n) is 4.90. The van der Waals surface area contributed by atoms with Gasteiger partial charge >= 0.3 is 0 Å². The molecule has 4 aromatic rings. The van der Waals surface area contributed by atoms with Crippen molar-refractivity contribution in [3.05, 3.63) is 83.7 Å². The molecule has 0 atom stereocenters. The molecule has 1 amide bonds. The van der Waals surface area contributed by atoms with Crippen LogP contribution in [-0.2, 0) is 12.8 Å². The molecule has 0 spiro atoms. The molecule has 0 unspecified atom stereocenters. The van der Waals surface area contributed by atoms with Crippen LogP contribution in [0.3, 0.4) is 0 Å². The smallest absolute Gasteiger partial charge is 0.255 e. The monoisotopic (exact) mass is 401 g/mol. The molecular weight excluding hydrogens is 378 g/mol. The van der Waals surface area contributed by atoms with Gasteiger partial charge in [-0.1, -0.05) is 30.3 Å². The van der Waals surface area contributed by atoms with Gasteiger partial charge in [-0.25, -0.2) is 4.98 Å². The summed E-state index contributed by atoms with van der Waals surface area (Å²) in [5, 5.41) is 2.92. The number of anilines is 1. The number of carbonyl (C=O) groups excluding carboxylic acids is 1. The van der Waals surface area contributed by atoms with E-state index in [-0.39, 0.29) is 5.91 Å². The summed E-state index contributed by atoms with van der Waals surface area (Å²) in [5.74, 6) is 1.81. The fraction of sp³-hybridized carbons (Fsp3) is 0.167. The van der Waals surface area contributed by atoms with Gasteiger partial charge in [-0.2, -0.15) is 0 Å². The number of fused-ring (bicyclic) bond motifs is 1. The number of aromatic nitrogens is 2. The van der Waals surface area contributed by atoms with Crippen molar-refractivity contribution in [2.75, 3.05) is 19.5 Å². The largest absolute Gasteiger partial charge is 0.497 e. The third kappa shape index (κ3) is 4.43. The molecule has 1 aromatic heterocycles. The number of aryl methyl sites for hydroxylation is 2. The first-order valence-electron chi connectivity index (χ1n) is 9.71. The quantitative estimate of drug-likeness (QED) is 0.474. The molecule has 0 aliphatic rings. The minimum atomic E-state index is -0.240. The molecule has 0 saturated carbocycles. The standard InChI is InChI=1S/C24H23N3O3/c1-29-19-12-17(13-20(15-19)30-2)24(28)25-18-9-10-21-22(14-18)27-23(26-21)11-8-16-6-4-3-5-7-16/h3-7,9-10,12-15H,8,11H2,1-2H3,(H,25,28)(H,26,27). The summed E-state index contributed by atoms with van der Waals surface area (Å²) in [5.41, 5.74) is 4.19. The number of aromatic amines is 1. The number of hydrogen-bond donors (Lipinski definition) is 2. The normalized spacial score (nSPS) is 10.7. The van der Waals surface area contributed by atoms with Crippen molar-refractivity contribution < 1.29 is 14.3 Å². The van der Waals surface area contributed by atoms with E-state index < -0.39 is 0 Å². The van der Waals surface area contributed by atoms with E-state index in [1.165, 1.54) is 5.56 Å². The predicted octanol–water partition coefficient (Wildman–Crippen LogP) is 4.62. The predicted molar refractivity (Wildman–Crippen MR) is 117 cm³/mol. The maximum Gasteiger partial charge on any atom is 0.255 e. The molecule has 0 bridgehead atoms. The first-order chi connectivity index (χ1) is 14.6. The number of carbonyl (C=O) groups is 1. The minimum absolute atomic E-state index is 0.240. The van der Waals surface area contributed by atoms with Gasteiger partial charge in [-0.3, -0.25) is 4.79 Å². The Hall–Kier alpha value is -3.80. The van der Waals surface area contributed by atoms with E-state index in [9.17, 15) is 4.79 Å². The van der Waals surface area contributed by atoms with Crippen LogP contribution in [0.4, 0.5) is 5.69 Å². The van der Waals surface area contributed by atoms with Crippen molar-refractivity contribution in [1.29, 1.82) is 0 Å². The van der Waals surface area contributed by atoms with Gasteiger partial charge in [-0.15, -0.1) is 0 Å². The Bertz CT molecular complexity index is 1150. The van der Waals surface area contributed by atoms with Crippen LogP contribution in [0.2, 0.25) is 0 Å². The second kappa shape index (κ2) is 8.69. The Labute approximate surface area is 174 Å². The second-order valence-corrected chi connectivity index (χ2v) is 6.96. The van der Waals surface area contributed by atoms with E-state index in [4.69, 9.17) is 9.47 Å². The van der Waals surface area contributed by atoms with Crippen molar-refractivity contribution in [3.63, 3.8) is 0 Å². The SMILES string of the molecule is COc1cc(OC)cc(C(=O)Nc2ccc3nc(CCc4ccccc4)[nH]c3c2)c1. The van der Waals surface area contributed by atoms with Gasteiger partial charge in [0.25, 0.3) is 5.91 Å². The van der Waals surface area contributed by atoms with Crippen LogP contribution >= 0.6 is 0 Å². The van der Waals surface area contributed by atoms with Crippen LogP contribution in [0.5, 0.6) is 11.5 Å². The van der Waals surface area contributed by atoms with Gasteiger partial charge < -0.3 is 19.8 Å². The first-order valence-corrected chi connectivity index (χ1v) is 9.71. The van der Waals surface area contributed by atoms with Crippen molar-refractivity contribution in [3.8, 4) is 11.5 Å². The molecule has 152 valence electrons. The average Bonchev–Trinajstić information content (AvgIpc) is 3.20. The Morgan fingerprint density at radius 1 is 0.933 bits per heavy atom. The van der Waals surface area contributed by atoms with E-state index >= 15 is 0 Å². The number of ether oxygens (including phenoxy) is 2. The van der Waals surface area contributed by atoms with Crippen molar-refractivity contribution in [2.45, 2.75) is 12.8 Å². The number of amides is 1. The van der Waals surface area contributed by atoms with Crippen LogP contribution < -0.4 is 14.8 Å². The van der Waals surface area contributed by atoms with Crippen LogP contribution in [0, 0.1) is 0 Å². The lowest BCUT2D eigenvalue weighted by atomic mass is 10.1. The Morgan fingerprint density at radius 3 is 2.37 bits per heavy atom. The number of hydrogen-bond acceptors (Lipinski definition) is 4. The number of methoxy groups -OCH3 is 2. The lowest BCUT2D eigenvalue weighted by molar-refractivity contribution is 0.102.